The lowest BCUT2D eigenvalue weighted by atomic mass is 10.1. The SMILES string of the molecule is Nc1ncc(-c2cccc(NC(=O)c3cccnc3)c2)nc1C(=O)NC1CCCNC1. The number of piperidine rings is 1. The number of nitrogen functional groups attached to an aromatic ring is 1. The van der Waals surface area contributed by atoms with E-state index in [-0.39, 0.29) is 29.4 Å². The number of nitrogens with one attached hydrogen (secondary N) is 3. The quantitative estimate of drug-likeness (QED) is 0.498. The van der Waals surface area contributed by atoms with Crippen LogP contribution in [-0.2, 0) is 0 Å². The van der Waals surface area contributed by atoms with Gasteiger partial charge in [0.1, 0.15) is 0 Å². The number of benzene rings is 1. The van der Waals surface area contributed by atoms with Gasteiger partial charge >= 0.3 is 0 Å². The molecule has 5 N–H and O–H groups in total. The Kier molecular flexibility index (Phi) is 6.13. The van der Waals surface area contributed by atoms with Crippen molar-refractivity contribution in [2.45, 2.75) is 18.9 Å². The molecule has 9 nitrogen and oxygen atoms in total. The van der Waals surface area contributed by atoms with Gasteiger partial charge in [0, 0.05) is 36.2 Å². The molecule has 4 rings (SSSR count). The van der Waals surface area contributed by atoms with Crippen molar-refractivity contribution in [1.29, 1.82) is 0 Å². The average Bonchev–Trinajstić information content (AvgIpc) is 2.81. The maximum absolute atomic E-state index is 12.7. The van der Waals surface area contributed by atoms with Gasteiger partial charge in [0.25, 0.3) is 11.8 Å². The van der Waals surface area contributed by atoms with Crippen LogP contribution < -0.4 is 21.7 Å². The van der Waals surface area contributed by atoms with Crippen molar-refractivity contribution in [2.75, 3.05) is 24.1 Å². The molecule has 31 heavy (non-hydrogen) atoms. The van der Waals surface area contributed by atoms with E-state index in [9.17, 15) is 9.59 Å². The van der Waals surface area contributed by atoms with Gasteiger partial charge in [-0.1, -0.05) is 12.1 Å². The van der Waals surface area contributed by atoms with E-state index in [0.29, 0.717) is 22.5 Å². The number of amides is 2. The number of nitrogens with zero attached hydrogens (tertiary/aromatic N) is 3. The molecule has 3 heterocycles. The monoisotopic (exact) mass is 417 g/mol. The molecule has 2 aromatic heterocycles. The molecule has 0 spiro atoms. The molecule has 158 valence electrons. The summed E-state index contributed by atoms with van der Waals surface area (Å²) in [6, 6.07) is 10.6. The summed E-state index contributed by atoms with van der Waals surface area (Å²) in [5.74, 6) is -0.539. The largest absolute Gasteiger partial charge is 0.382 e. The van der Waals surface area contributed by atoms with Crippen LogP contribution in [0.4, 0.5) is 11.5 Å². The van der Waals surface area contributed by atoms with Gasteiger partial charge in [-0.25, -0.2) is 9.97 Å². The van der Waals surface area contributed by atoms with Gasteiger partial charge in [0.2, 0.25) is 0 Å². The summed E-state index contributed by atoms with van der Waals surface area (Å²) in [6.45, 7) is 1.68. The van der Waals surface area contributed by atoms with Crippen LogP contribution >= 0.6 is 0 Å². The molecule has 1 unspecified atom stereocenters. The maximum Gasteiger partial charge on any atom is 0.274 e. The second-order valence-electron chi connectivity index (χ2n) is 7.28. The average molecular weight is 417 g/mol. The van der Waals surface area contributed by atoms with E-state index >= 15 is 0 Å². The van der Waals surface area contributed by atoms with Crippen molar-refractivity contribution < 1.29 is 9.59 Å². The van der Waals surface area contributed by atoms with Crippen molar-refractivity contribution in [3.8, 4) is 11.3 Å². The van der Waals surface area contributed by atoms with Crippen LogP contribution in [0.25, 0.3) is 11.3 Å². The third-order valence-corrected chi connectivity index (χ3v) is 4.99. The van der Waals surface area contributed by atoms with Crippen LogP contribution in [0.2, 0.25) is 0 Å². The second-order valence-corrected chi connectivity index (χ2v) is 7.28. The Morgan fingerprint density at radius 3 is 2.81 bits per heavy atom. The molecule has 2 amide bonds. The summed E-state index contributed by atoms with van der Waals surface area (Å²) in [5.41, 5.74) is 8.24. The number of nitrogens with two attached hydrogens (primary N) is 1. The molecule has 9 heteroatoms. The zero-order valence-electron chi connectivity index (χ0n) is 16.8. The Bertz CT molecular complexity index is 1080. The molecule has 1 atom stereocenters. The van der Waals surface area contributed by atoms with E-state index in [2.05, 4.69) is 30.9 Å². The molecule has 0 saturated carbocycles. The van der Waals surface area contributed by atoms with E-state index in [4.69, 9.17) is 5.73 Å². The number of hydrogen-bond acceptors (Lipinski definition) is 7. The van der Waals surface area contributed by atoms with Gasteiger partial charge in [0.15, 0.2) is 11.5 Å². The lowest BCUT2D eigenvalue weighted by molar-refractivity contribution is 0.0925. The Labute approximate surface area is 179 Å². The minimum Gasteiger partial charge on any atom is -0.382 e. The number of hydrogen-bond donors (Lipinski definition) is 4. The first kappa shape index (κ1) is 20.4. The molecule has 0 aliphatic carbocycles. The molecule has 1 saturated heterocycles. The molecule has 1 aliphatic heterocycles. The zero-order valence-corrected chi connectivity index (χ0v) is 16.8. The Hall–Kier alpha value is -3.85. The first-order valence-corrected chi connectivity index (χ1v) is 10.1. The van der Waals surface area contributed by atoms with Crippen LogP contribution in [-0.4, -0.2) is 45.9 Å². The number of rotatable bonds is 5. The summed E-state index contributed by atoms with van der Waals surface area (Å²) in [5, 5.41) is 9.05. The summed E-state index contributed by atoms with van der Waals surface area (Å²) in [7, 11) is 0. The van der Waals surface area contributed by atoms with Gasteiger partial charge in [-0.2, -0.15) is 0 Å². The summed E-state index contributed by atoms with van der Waals surface area (Å²) < 4.78 is 0. The highest BCUT2D eigenvalue weighted by atomic mass is 16.2. The second kappa shape index (κ2) is 9.31. The highest BCUT2D eigenvalue weighted by Gasteiger charge is 2.20. The van der Waals surface area contributed by atoms with Crippen molar-refractivity contribution >= 4 is 23.3 Å². The standard InChI is InChI=1S/C22H23N7O2/c23-20-19(22(31)28-17-7-3-9-25-12-17)29-18(13-26-20)14-4-1-6-16(10-14)27-21(30)15-5-2-8-24-11-15/h1-2,4-6,8,10-11,13,17,25H,3,7,9,12H2,(H2,23,26)(H,27,30)(H,28,31). The van der Waals surface area contributed by atoms with Crippen molar-refractivity contribution in [2.24, 2.45) is 0 Å². The summed E-state index contributed by atoms with van der Waals surface area (Å²) >= 11 is 0. The number of anilines is 2. The molecule has 1 fully saturated rings. The van der Waals surface area contributed by atoms with Gasteiger partial charge in [-0.3, -0.25) is 14.6 Å². The third kappa shape index (κ3) is 5.01. The number of carbonyl (C=O) groups is 2. The molecular formula is C22H23N7O2. The Morgan fingerprint density at radius 1 is 1.13 bits per heavy atom. The van der Waals surface area contributed by atoms with E-state index in [0.717, 1.165) is 25.9 Å². The summed E-state index contributed by atoms with van der Waals surface area (Å²) in [6.07, 6.45) is 6.53. The first-order valence-electron chi connectivity index (χ1n) is 10.1. The Balaban J connectivity index is 1.53. The van der Waals surface area contributed by atoms with Gasteiger partial charge < -0.3 is 21.7 Å². The third-order valence-electron chi connectivity index (χ3n) is 4.99. The molecule has 3 aromatic rings. The molecule has 0 radical (unpaired) electrons. The van der Waals surface area contributed by atoms with Crippen molar-refractivity contribution in [3.63, 3.8) is 0 Å². The Morgan fingerprint density at radius 2 is 2.03 bits per heavy atom. The van der Waals surface area contributed by atoms with E-state index in [1.807, 2.05) is 6.07 Å². The fraction of sp³-hybridized carbons (Fsp3) is 0.227. The number of pyridine rings is 1. The minimum absolute atomic E-state index is 0.0390. The van der Waals surface area contributed by atoms with Crippen LogP contribution in [0, 0.1) is 0 Å². The molecule has 0 bridgehead atoms. The lowest BCUT2D eigenvalue weighted by Crippen LogP contribution is -2.46. The zero-order chi connectivity index (χ0) is 21.6. The van der Waals surface area contributed by atoms with Crippen LogP contribution in [0.5, 0.6) is 0 Å². The van der Waals surface area contributed by atoms with Crippen molar-refractivity contribution in [1.82, 2.24) is 25.6 Å². The molecule has 1 aromatic carbocycles. The first-order chi connectivity index (χ1) is 15.1. The van der Waals surface area contributed by atoms with Gasteiger partial charge in [0.05, 0.1) is 17.5 Å². The smallest absolute Gasteiger partial charge is 0.274 e. The topological polar surface area (TPSA) is 135 Å². The minimum atomic E-state index is -0.346. The van der Waals surface area contributed by atoms with Crippen LogP contribution in [0.3, 0.4) is 0 Å². The lowest BCUT2D eigenvalue weighted by Gasteiger charge is -2.23. The number of carbonyl (C=O) groups excluding carboxylic acids is 2. The molecule has 1 aliphatic rings. The highest BCUT2D eigenvalue weighted by molar-refractivity contribution is 6.04. The van der Waals surface area contributed by atoms with E-state index < -0.39 is 0 Å². The fourth-order valence-corrected chi connectivity index (χ4v) is 3.39. The van der Waals surface area contributed by atoms with Crippen molar-refractivity contribution in [3.05, 3.63) is 66.2 Å². The normalized spacial score (nSPS) is 15.8. The predicted molar refractivity (Wildman–Crippen MR) is 117 cm³/mol. The molecular weight excluding hydrogens is 394 g/mol. The van der Waals surface area contributed by atoms with E-state index in [1.165, 1.54) is 12.4 Å². The maximum atomic E-state index is 12.7. The van der Waals surface area contributed by atoms with Crippen LogP contribution in [0.15, 0.2) is 55.0 Å². The summed E-state index contributed by atoms with van der Waals surface area (Å²) in [4.78, 5) is 37.6. The highest BCUT2D eigenvalue weighted by Crippen LogP contribution is 2.22. The van der Waals surface area contributed by atoms with Gasteiger partial charge in [-0.05, 0) is 43.7 Å². The van der Waals surface area contributed by atoms with E-state index in [1.54, 1.807) is 36.5 Å². The predicted octanol–water partition coefficient (Wildman–Crippen LogP) is 1.85. The van der Waals surface area contributed by atoms with Gasteiger partial charge in [-0.15, -0.1) is 0 Å². The van der Waals surface area contributed by atoms with Crippen LogP contribution in [0.1, 0.15) is 33.7 Å². The number of aromatic nitrogens is 3. The fourth-order valence-electron chi connectivity index (χ4n) is 3.39.